The first kappa shape index (κ1) is 22.2. The molecule has 32 heavy (non-hydrogen) atoms. The first-order valence-corrected chi connectivity index (χ1v) is 12.9. The Morgan fingerprint density at radius 1 is 1.16 bits per heavy atom. The molecule has 0 radical (unpaired) electrons. The molecule has 0 atom stereocenters. The van der Waals surface area contributed by atoms with Gasteiger partial charge in [-0.3, -0.25) is 4.79 Å². The summed E-state index contributed by atoms with van der Waals surface area (Å²) in [6.45, 7) is 4.29. The van der Waals surface area contributed by atoms with Gasteiger partial charge in [-0.2, -0.15) is 0 Å². The molecule has 2 heterocycles. The van der Waals surface area contributed by atoms with Crippen molar-refractivity contribution >= 4 is 42.4 Å². The Hall–Kier alpha value is -3.04. The number of carbonyl (C=O) groups is 1. The molecule has 0 saturated heterocycles. The van der Waals surface area contributed by atoms with Crippen molar-refractivity contribution in [3.05, 3.63) is 60.1 Å². The van der Waals surface area contributed by atoms with Crippen molar-refractivity contribution in [2.75, 3.05) is 11.6 Å². The fraction of sp³-hybridized carbons (Fsp3) is 0.261. The summed E-state index contributed by atoms with van der Waals surface area (Å²) >= 11 is 1.24. The van der Waals surface area contributed by atoms with E-state index in [1.54, 1.807) is 18.3 Å². The number of thiazole rings is 1. The number of aromatic nitrogens is 2. The summed E-state index contributed by atoms with van der Waals surface area (Å²) in [6.07, 6.45) is 3.38. The van der Waals surface area contributed by atoms with Crippen LogP contribution in [-0.2, 0) is 21.1 Å². The average molecular weight is 470 g/mol. The smallest absolute Gasteiger partial charge is 0.226 e. The first-order chi connectivity index (χ1) is 15.2. The van der Waals surface area contributed by atoms with Gasteiger partial charge in [-0.05, 0) is 29.7 Å². The highest BCUT2D eigenvalue weighted by atomic mass is 32.2. The van der Waals surface area contributed by atoms with Gasteiger partial charge < -0.3 is 9.73 Å². The Balaban J connectivity index is 1.37. The lowest BCUT2D eigenvalue weighted by molar-refractivity contribution is -0.116. The molecule has 4 aromatic rings. The summed E-state index contributed by atoms with van der Waals surface area (Å²) in [7, 11) is -3.30. The van der Waals surface area contributed by atoms with Gasteiger partial charge in [0.25, 0.3) is 0 Å². The molecule has 2 aromatic carbocycles. The van der Waals surface area contributed by atoms with Crippen LogP contribution in [0.3, 0.4) is 0 Å². The van der Waals surface area contributed by atoms with Gasteiger partial charge in [-0.15, -0.1) is 0 Å². The van der Waals surface area contributed by atoms with Gasteiger partial charge in [0.1, 0.15) is 0 Å². The maximum Gasteiger partial charge on any atom is 0.226 e. The van der Waals surface area contributed by atoms with Crippen molar-refractivity contribution in [3.63, 3.8) is 0 Å². The van der Waals surface area contributed by atoms with Crippen LogP contribution in [0.2, 0.25) is 0 Å². The molecule has 166 valence electrons. The molecule has 0 aliphatic carbocycles. The summed E-state index contributed by atoms with van der Waals surface area (Å²) in [4.78, 5) is 21.2. The topological polar surface area (TPSA) is 102 Å². The minimum atomic E-state index is -3.30. The molecule has 0 saturated carbocycles. The van der Waals surface area contributed by atoms with Crippen molar-refractivity contribution in [2.24, 2.45) is 0 Å². The molecule has 0 unspecified atom stereocenters. The lowest BCUT2D eigenvalue weighted by atomic mass is 10.0. The Bertz CT molecular complexity index is 1370. The van der Waals surface area contributed by atoms with E-state index in [0.29, 0.717) is 39.3 Å². The van der Waals surface area contributed by atoms with E-state index >= 15 is 0 Å². The predicted molar refractivity (Wildman–Crippen MR) is 126 cm³/mol. The molecule has 1 N–H and O–H groups in total. The van der Waals surface area contributed by atoms with Crippen LogP contribution in [0.25, 0.3) is 21.5 Å². The second-order valence-electron chi connectivity index (χ2n) is 7.86. The quantitative estimate of drug-likeness (QED) is 0.406. The summed E-state index contributed by atoms with van der Waals surface area (Å²) in [5, 5.41) is 3.19. The van der Waals surface area contributed by atoms with E-state index in [1.165, 1.54) is 23.0 Å². The monoisotopic (exact) mass is 469 g/mol. The van der Waals surface area contributed by atoms with E-state index in [0.717, 1.165) is 11.8 Å². The number of aryl methyl sites for hydroxylation is 1. The van der Waals surface area contributed by atoms with Gasteiger partial charge in [0.2, 0.25) is 5.91 Å². The van der Waals surface area contributed by atoms with Gasteiger partial charge in [0, 0.05) is 24.7 Å². The number of anilines is 1. The van der Waals surface area contributed by atoms with E-state index in [4.69, 9.17) is 4.42 Å². The van der Waals surface area contributed by atoms with Gasteiger partial charge in [0.15, 0.2) is 26.6 Å². The first-order valence-electron chi connectivity index (χ1n) is 10.1. The van der Waals surface area contributed by atoms with Gasteiger partial charge in [-0.25, -0.2) is 18.4 Å². The van der Waals surface area contributed by atoms with E-state index in [1.807, 2.05) is 12.1 Å². The Morgan fingerprint density at radius 2 is 1.91 bits per heavy atom. The zero-order valence-corrected chi connectivity index (χ0v) is 19.6. The van der Waals surface area contributed by atoms with E-state index < -0.39 is 9.84 Å². The summed E-state index contributed by atoms with van der Waals surface area (Å²) in [6, 6.07) is 12.9. The largest absolute Gasteiger partial charge is 0.441 e. The van der Waals surface area contributed by atoms with E-state index in [-0.39, 0.29) is 17.2 Å². The minimum Gasteiger partial charge on any atom is -0.441 e. The predicted octanol–water partition coefficient (Wildman–Crippen LogP) is 5.05. The van der Waals surface area contributed by atoms with E-state index in [2.05, 4.69) is 41.3 Å². The SMILES string of the molecule is CC(C)c1ccc(-c2cnc(CCC(=O)Nc3nc4ccc(S(C)(=O)=O)cc4s3)o2)cc1. The maximum absolute atomic E-state index is 12.4. The molecule has 0 aliphatic rings. The number of sulfone groups is 1. The lowest BCUT2D eigenvalue weighted by Crippen LogP contribution is -2.12. The standard InChI is InChI=1S/C23H23N3O4S2/c1-14(2)15-4-6-16(7-5-15)19-13-24-22(30-19)11-10-21(27)26-23-25-18-9-8-17(32(3,28)29)12-20(18)31-23/h4-9,12-14H,10-11H2,1-3H3,(H,25,26,27). The number of nitrogens with zero attached hydrogens (tertiary/aromatic N) is 2. The number of amides is 1. The van der Waals surface area contributed by atoms with Crippen molar-refractivity contribution in [2.45, 2.75) is 37.5 Å². The average Bonchev–Trinajstić information content (AvgIpc) is 3.37. The van der Waals surface area contributed by atoms with Crippen molar-refractivity contribution in [1.82, 2.24) is 9.97 Å². The normalized spacial score (nSPS) is 11.9. The molecule has 7 nitrogen and oxygen atoms in total. The molecule has 4 rings (SSSR count). The number of hydrogen-bond donors (Lipinski definition) is 1. The van der Waals surface area contributed by atoms with Crippen LogP contribution in [-0.4, -0.2) is 30.5 Å². The van der Waals surface area contributed by atoms with Crippen LogP contribution in [0.15, 0.2) is 58.0 Å². The number of fused-ring (bicyclic) bond motifs is 1. The minimum absolute atomic E-state index is 0.191. The van der Waals surface area contributed by atoms with E-state index in [9.17, 15) is 13.2 Å². The zero-order valence-electron chi connectivity index (χ0n) is 18.0. The summed E-state index contributed by atoms with van der Waals surface area (Å²) < 4.78 is 29.9. The fourth-order valence-electron chi connectivity index (χ4n) is 3.18. The number of nitrogens with one attached hydrogen (secondary N) is 1. The molecule has 2 aromatic heterocycles. The Kier molecular flexibility index (Phi) is 6.12. The highest BCUT2D eigenvalue weighted by Gasteiger charge is 2.14. The summed E-state index contributed by atoms with van der Waals surface area (Å²) in [5.41, 5.74) is 2.84. The number of rotatable bonds is 7. The van der Waals surface area contributed by atoms with Gasteiger partial charge in [-0.1, -0.05) is 49.4 Å². The van der Waals surface area contributed by atoms with Crippen molar-refractivity contribution in [3.8, 4) is 11.3 Å². The molecule has 0 bridgehead atoms. The lowest BCUT2D eigenvalue weighted by Gasteiger charge is -2.05. The maximum atomic E-state index is 12.4. The van der Waals surface area contributed by atoms with Crippen molar-refractivity contribution in [1.29, 1.82) is 0 Å². The molecule has 0 aliphatic heterocycles. The Morgan fingerprint density at radius 3 is 2.59 bits per heavy atom. The molecule has 1 amide bonds. The van der Waals surface area contributed by atoms with Crippen LogP contribution in [0.4, 0.5) is 5.13 Å². The molecule has 9 heteroatoms. The Labute approximate surface area is 190 Å². The number of oxazole rings is 1. The molecule has 0 fully saturated rings. The number of benzene rings is 2. The third kappa shape index (κ3) is 5.05. The second-order valence-corrected chi connectivity index (χ2v) is 10.9. The molecule has 0 spiro atoms. The van der Waals surface area contributed by atoms with Crippen LogP contribution in [0.5, 0.6) is 0 Å². The van der Waals surface area contributed by atoms with Crippen LogP contribution < -0.4 is 5.32 Å². The van der Waals surface area contributed by atoms with Crippen molar-refractivity contribution < 1.29 is 17.6 Å². The zero-order chi connectivity index (χ0) is 22.9. The van der Waals surface area contributed by atoms with Crippen LogP contribution in [0, 0.1) is 0 Å². The van der Waals surface area contributed by atoms with Gasteiger partial charge >= 0.3 is 0 Å². The third-order valence-corrected chi connectivity index (χ3v) is 7.06. The third-order valence-electron chi connectivity index (χ3n) is 5.02. The number of carbonyl (C=O) groups excluding carboxylic acids is 1. The molecular formula is C23H23N3O4S2. The van der Waals surface area contributed by atoms with Gasteiger partial charge in [0.05, 0.1) is 21.3 Å². The van der Waals surface area contributed by atoms with Crippen LogP contribution >= 0.6 is 11.3 Å². The fourth-order valence-corrected chi connectivity index (χ4v) is 4.83. The number of hydrogen-bond acceptors (Lipinski definition) is 7. The summed E-state index contributed by atoms with van der Waals surface area (Å²) in [5.74, 6) is 1.41. The highest BCUT2D eigenvalue weighted by molar-refractivity contribution is 7.90. The highest BCUT2D eigenvalue weighted by Crippen LogP contribution is 2.28. The second kappa shape index (κ2) is 8.84. The molecular weight excluding hydrogens is 446 g/mol. The van der Waals surface area contributed by atoms with Crippen LogP contribution in [0.1, 0.15) is 37.6 Å².